The van der Waals surface area contributed by atoms with Crippen LogP contribution in [0.2, 0.25) is 0 Å². The third kappa shape index (κ3) is 2.80. The normalized spacial score (nSPS) is 23.6. The Labute approximate surface area is 98.6 Å². The van der Waals surface area contributed by atoms with Gasteiger partial charge >= 0.3 is 0 Å². The van der Waals surface area contributed by atoms with Crippen LogP contribution in [0.5, 0.6) is 0 Å². The van der Waals surface area contributed by atoms with Crippen LogP contribution in [-0.4, -0.2) is 42.9 Å². The molecule has 0 aliphatic carbocycles. The molecule has 1 fully saturated rings. The molecule has 17 heavy (non-hydrogen) atoms. The molecule has 0 aromatic heterocycles. The molecule has 5 heteroatoms. The third-order valence-electron chi connectivity index (χ3n) is 2.93. The summed E-state index contributed by atoms with van der Waals surface area (Å²) in [5.41, 5.74) is 0.337. The third-order valence-corrected chi connectivity index (χ3v) is 2.93. The fourth-order valence-corrected chi connectivity index (χ4v) is 1.91. The molecule has 2 rings (SSSR count). The lowest BCUT2D eigenvalue weighted by Gasteiger charge is -2.33. The highest BCUT2D eigenvalue weighted by molar-refractivity contribution is 5.21. The summed E-state index contributed by atoms with van der Waals surface area (Å²) >= 11 is 0. The van der Waals surface area contributed by atoms with E-state index >= 15 is 0 Å². The Hall–Kier alpha value is -1.04. The Morgan fingerprint density at radius 3 is 2.82 bits per heavy atom. The molecule has 0 radical (unpaired) electrons. The fourth-order valence-electron chi connectivity index (χ4n) is 1.91. The topological polar surface area (TPSA) is 32.7 Å². The number of hydrogen-bond donors (Lipinski definition) is 1. The predicted molar refractivity (Wildman–Crippen MR) is 58.6 cm³/mol. The zero-order valence-electron chi connectivity index (χ0n) is 9.57. The molecule has 0 spiro atoms. The van der Waals surface area contributed by atoms with Gasteiger partial charge in [0.15, 0.2) is 11.6 Å². The van der Waals surface area contributed by atoms with Crippen molar-refractivity contribution in [3.05, 3.63) is 35.4 Å². The Bertz CT molecular complexity index is 400. The molecule has 1 aromatic rings. The van der Waals surface area contributed by atoms with Gasteiger partial charge in [-0.05, 0) is 24.7 Å². The van der Waals surface area contributed by atoms with Crippen molar-refractivity contribution in [3.63, 3.8) is 0 Å². The van der Waals surface area contributed by atoms with E-state index in [0.29, 0.717) is 18.7 Å². The highest BCUT2D eigenvalue weighted by Crippen LogP contribution is 2.23. The van der Waals surface area contributed by atoms with Crippen LogP contribution in [0.3, 0.4) is 0 Å². The minimum atomic E-state index is -0.953. The first-order chi connectivity index (χ1) is 8.08. The average Bonchev–Trinajstić information content (AvgIpc) is 2.32. The van der Waals surface area contributed by atoms with E-state index in [4.69, 9.17) is 4.74 Å². The largest absolute Gasteiger partial charge is 0.386 e. The summed E-state index contributed by atoms with van der Waals surface area (Å²) in [6, 6.07) is 3.40. The van der Waals surface area contributed by atoms with Crippen LogP contribution in [0.15, 0.2) is 18.2 Å². The molecule has 3 nitrogen and oxygen atoms in total. The number of nitrogens with zero attached hydrogens (tertiary/aromatic N) is 1. The van der Waals surface area contributed by atoms with Gasteiger partial charge in [0.05, 0.1) is 6.61 Å². The van der Waals surface area contributed by atoms with Gasteiger partial charge in [0.2, 0.25) is 0 Å². The van der Waals surface area contributed by atoms with Gasteiger partial charge in [0.25, 0.3) is 0 Å². The standard InChI is InChI=1S/C12H15F2NO2/c1-15-4-5-17-11(7-15)12(16)8-2-3-9(13)10(14)6-8/h2-3,6,11-12,16H,4-5,7H2,1H3. The summed E-state index contributed by atoms with van der Waals surface area (Å²) in [6.45, 7) is 1.91. The van der Waals surface area contributed by atoms with Gasteiger partial charge in [0, 0.05) is 13.1 Å². The second-order valence-electron chi connectivity index (χ2n) is 4.29. The van der Waals surface area contributed by atoms with Crippen LogP contribution < -0.4 is 0 Å². The summed E-state index contributed by atoms with van der Waals surface area (Å²) in [5.74, 6) is -1.87. The number of rotatable bonds is 2. The minimum absolute atomic E-state index is 0.337. The van der Waals surface area contributed by atoms with Gasteiger partial charge < -0.3 is 14.7 Å². The van der Waals surface area contributed by atoms with Crippen LogP contribution in [0.1, 0.15) is 11.7 Å². The predicted octanol–water partition coefficient (Wildman–Crippen LogP) is 1.33. The van der Waals surface area contributed by atoms with Gasteiger partial charge in [-0.25, -0.2) is 8.78 Å². The molecule has 94 valence electrons. The second kappa shape index (κ2) is 5.08. The van der Waals surface area contributed by atoms with Gasteiger partial charge in [-0.2, -0.15) is 0 Å². The summed E-state index contributed by atoms with van der Waals surface area (Å²) < 4.78 is 31.2. The van der Waals surface area contributed by atoms with E-state index in [9.17, 15) is 13.9 Å². The SMILES string of the molecule is CN1CCOC(C(O)c2ccc(F)c(F)c2)C1. The first kappa shape index (κ1) is 12.4. The van der Waals surface area contributed by atoms with Crippen molar-refractivity contribution in [2.75, 3.05) is 26.7 Å². The lowest BCUT2D eigenvalue weighted by Crippen LogP contribution is -2.43. The maximum Gasteiger partial charge on any atom is 0.159 e. The van der Waals surface area contributed by atoms with Gasteiger partial charge in [-0.15, -0.1) is 0 Å². The molecular formula is C12H15F2NO2. The first-order valence-electron chi connectivity index (χ1n) is 5.51. The number of likely N-dealkylation sites (N-methyl/N-ethyl adjacent to an activating group) is 1. The minimum Gasteiger partial charge on any atom is -0.386 e. The number of halogens is 2. The first-order valence-corrected chi connectivity index (χ1v) is 5.51. The zero-order chi connectivity index (χ0) is 12.4. The lowest BCUT2D eigenvalue weighted by atomic mass is 10.0. The molecule has 1 N–H and O–H groups in total. The van der Waals surface area contributed by atoms with E-state index in [1.54, 1.807) is 0 Å². The van der Waals surface area contributed by atoms with E-state index < -0.39 is 23.8 Å². The lowest BCUT2D eigenvalue weighted by molar-refractivity contribution is -0.0845. The monoisotopic (exact) mass is 243 g/mol. The van der Waals surface area contributed by atoms with Gasteiger partial charge in [0.1, 0.15) is 12.2 Å². The maximum absolute atomic E-state index is 13.0. The van der Waals surface area contributed by atoms with Crippen molar-refractivity contribution in [2.45, 2.75) is 12.2 Å². The van der Waals surface area contributed by atoms with Gasteiger partial charge in [-0.3, -0.25) is 0 Å². The Morgan fingerprint density at radius 2 is 2.18 bits per heavy atom. The number of morpholine rings is 1. The molecule has 2 unspecified atom stereocenters. The maximum atomic E-state index is 13.0. The summed E-state index contributed by atoms with van der Waals surface area (Å²) in [7, 11) is 1.92. The average molecular weight is 243 g/mol. The van der Waals surface area contributed by atoms with Crippen LogP contribution >= 0.6 is 0 Å². The zero-order valence-corrected chi connectivity index (χ0v) is 9.57. The molecular weight excluding hydrogens is 228 g/mol. The van der Waals surface area contributed by atoms with Crippen molar-refractivity contribution in [2.24, 2.45) is 0 Å². The molecule has 1 heterocycles. The van der Waals surface area contributed by atoms with Crippen LogP contribution in [0, 0.1) is 11.6 Å². The van der Waals surface area contributed by atoms with Gasteiger partial charge in [-0.1, -0.05) is 6.07 Å². The van der Waals surface area contributed by atoms with E-state index in [0.717, 1.165) is 18.7 Å². The van der Waals surface area contributed by atoms with Crippen molar-refractivity contribution < 1.29 is 18.6 Å². The number of aliphatic hydroxyl groups excluding tert-OH is 1. The molecule has 1 saturated heterocycles. The molecule has 2 atom stereocenters. The van der Waals surface area contributed by atoms with Crippen LogP contribution in [0.4, 0.5) is 8.78 Å². The van der Waals surface area contributed by atoms with E-state index in [2.05, 4.69) is 0 Å². The Kier molecular flexibility index (Phi) is 3.71. The summed E-state index contributed by atoms with van der Waals surface area (Å²) in [6.07, 6.45) is -1.34. The molecule has 1 aromatic carbocycles. The Morgan fingerprint density at radius 1 is 1.41 bits per heavy atom. The van der Waals surface area contributed by atoms with Crippen molar-refractivity contribution in [1.29, 1.82) is 0 Å². The number of hydrogen-bond acceptors (Lipinski definition) is 3. The highest BCUT2D eigenvalue weighted by atomic mass is 19.2. The second-order valence-corrected chi connectivity index (χ2v) is 4.29. The number of aliphatic hydroxyl groups is 1. The van der Waals surface area contributed by atoms with Crippen molar-refractivity contribution in [3.8, 4) is 0 Å². The fraction of sp³-hybridized carbons (Fsp3) is 0.500. The number of ether oxygens (including phenoxy) is 1. The van der Waals surface area contributed by atoms with E-state index in [1.807, 2.05) is 11.9 Å². The Balaban J connectivity index is 2.12. The molecule has 0 bridgehead atoms. The van der Waals surface area contributed by atoms with E-state index in [-0.39, 0.29) is 0 Å². The van der Waals surface area contributed by atoms with Crippen LogP contribution in [0.25, 0.3) is 0 Å². The molecule has 0 amide bonds. The van der Waals surface area contributed by atoms with Crippen LogP contribution in [-0.2, 0) is 4.74 Å². The smallest absolute Gasteiger partial charge is 0.159 e. The molecule has 1 aliphatic heterocycles. The van der Waals surface area contributed by atoms with Crippen molar-refractivity contribution >= 4 is 0 Å². The van der Waals surface area contributed by atoms with Crippen molar-refractivity contribution in [1.82, 2.24) is 4.90 Å². The molecule has 0 saturated carbocycles. The number of benzene rings is 1. The molecule has 1 aliphatic rings. The van der Waals surface area contributed by atoms with E-state index in [1.165, 1.54) is 6.07 Å². The summed E-state index contributed by atoms with van der Waals surface area (Å²) in [5, 5.41) is 10.0. The highest BCUT2D eigenvalue weighted by Gasteiger charge is 2.26. The quantitative estimate of drug-likeness (QED) is 0.850. The summed E-state index contributed by atoms with van der Waals surface area (Å²) in [4.78, 5) is 2.03.